The number of nitrogens with one attached hydrogen (secondary N) is 1. The average Bonchev–Trinajstić information content (AvgIpc) is 2.95. The number of rotatable bonds is 3. The van der Waals surface area contributed by atoms with Crippen molar-refractivity contribution in [3.8, 4) is 0 Å². The van der Waals surface area contributed by atoms with Gasteiger partial charge in [-0.1, -0.05) is 25.3 Å². The van der Waals surface area contributed by atoms with E-state index in [1.807, 2.05) is 11.8 Å². The lowest BCUT2D eigenvalue weighted by Crippen LogP contribution is -2.13. The lowest BCUT2D eigenvalue weighted by molar-refractivity contribution is 0.515. The van der Waals surface area contributed by atoms with Gasteiger partial charge in [0.05, 0.1) is 5.03 Å². The molecular weight excluding hydrogens is 240 g/mol. The Hall–Kier alpha value is -0.540. The van der Waals surface area contributed by atoms with Gasteiger partial charge in [-0.25, -0.2) is 4.98 Å². The van der Waals surface area contributed by atoms with Crippen molar-refractivity contribution in [2.24, 2.45) is 0 Å². The highest BCUT2D eigenvalue weighted by atomic mass is 32.2. The molecule has 1 N–H and O–H groups in total. The van der Waals surface area contributed by atoms with Crippen molar-refractivity contribution in [1.82, 2.24) is 10.3 Å². The standard InChI is InChI=1S/C15H22N2S/c1-2-5-13(6-3-1)18-15-9-8-12(11-17-15)14-7-4-10-16-14/h8-9,11,13-14,16H,1-7,10H2/t14-/m0/s1. The van der Waals surface area contributed by atoms with Gasteiger partial charge in [0, 0.05) is 17.5 Å². The quantitative estimate of drug-likeness (QED) is 0.893. The first kappa shape index (κ1) is 12.5. The molecule has 1 saturated carbocycles. The van der Waals surface area contributed by atoms with Crippen LogP contribution in [0.4, 0.5) is 0 Å². The van der Waals surface area contributed by atoms with Crippen molar-refractivity contribution < 1.29 is 0 Å². The van der Waals surface area contributed by atoms with E-state index in [0.717, 1.165) is 11.8 Å². The molecule has 1 aliphatic carbocycles. The number of hydrogen-bond acceptors (Lipinski definition) is 3. The summed E-state index contributed by atoms with van der Waals surface area (Å²) in [7, 11) is 0. The van der Waals surface area contributed by atoms with Crippen molar-refractivity contribution in [3.63, 3.8) is 0 Å². The summed E-state index contributed by atoms with van der Waals surface area (Å²) in [6.07, 6.45) is 11.6. The molecule has 1 aliphatic heterocycles. The van der Waals surface area contributed by atoms with Crippen molar-refractivity contribution in [2.75, 3.05) is 6.54 Å². The molecule has 0 amide bonds. The van der Waals surface area contributed by atoms with Gasteiger partial charge in [-0.05, 0) is 43.9 Å². The van der Waals surface area contributed by atoms with E-state index < -0.39 is 0 Å². The van der Waals surface area contributed by atoms with E-state index in [9.17, 15) is 0 Å². The highest BCUT2D eigenvalue weighted by Gasteiger charge is 2.18. The van der Waals surface area contributed by atoms with Crippen LogP contribution in [0.5, 0.6) is 0 Å². The molecule has 3 rings (SSSR count). The van der Waals surface area contributed by atoms with Crippen LogP contribution in [0.1, 0.15) is 56.6 Å². The summed E-state index contributed by atoms with van der Waals surface area (Å²) in [5.41, 5.74) is 1.36. The molecule has 1 atom stereocenters. The molecule has 1 aromatic rings. The van der Waals surface area contributed by atoms with E-state index in [1.54, 1.807) is 0 Å². The zero-order valence-electron chi connectivity index (χ0n) is 10.9. The second-order valence-corrected chi connectivity index (χ2v) is 6.78. The number of nitrogens with zero attached hydrogens (tertiary/aromatic N) is 1. The van der Waals surface area contributed by atoms with Gasteiger partial charge in [-0.15, -0.1) is 11.8 Å². The summed E-state index contributed by atoms with van der Waals surface area (Å²) in [6.45, 7) is 1.16. The zero-order valence-corrected chi connectivity index (χ0v) is 11.7. The zero-order chi connectivity index (χ0) is 12.2. The first-order chi connectivity index (χ1) is 8.92. The number of hydrogen-bond donors (Lipinski definition) is 1. The van der Waals surface area contributed by atoms with Gasteiger partial charge >= 0.3 is 0 Å². The van der Waals surface area contributed by atoms with Crippen LogP contribution in [0.2, 0.25) is 0 Å². The lowest BCUT2D eigenvalue weighted by atomic mass is 10.0. The van der Waals surface area contributed by atoms with Gasteiger partial charge < -0.3 is 5.32 Å². The SMILES string of the molecule is c1cc(SC2CCCCC2)ncc1[C@@H]1CCCN1. The first-order valence-electron chi connectivity index (χ1n) is 7.28. The van der Waals surface area contributed by atoms with E-state index in [-0.39, 0.29) is 0 Å². The van der Waals surface area contributed by atoms with Gasteiger partial charge in [0.2, 0.25) is 0 Å². The van der Waals surface area contributed by atoms with Crippen molar-refractivity contribution >= 4 is 11.8 Å². The van der Waals surface area contributed by atoms with Crippen molar-refractivity contribution in [2.45, 2.75) is 61.3 Å². The fraction of sp³-hybridized carbons (Fsp3) is 0.667. The average molecular weight is 262 g/mol. The van der Waals surface area contributed by atoms with E-state index >= 15 is 0 Å². The summed E-state index contributed by atoms with van der Waals surface area (Å²) >= 11 is 1.98. The Balaban J connectivity index is 1.59. The molecule has 0 spiro atoms. The van der Waals surface area contributed by atoms with Gasteiger partial charge in [-0.2, -0.15) is 0 Å². The normalized spacial score (nSPS) is 25.4. The predicted molar refractivity (Wildman–Crippen MR) is 76.9 cm³/mol. The Bertz CT molecular complexity index is 365. The Labute approximate surface area is 114 Å². The number of pyridine rings is 1. The Morgan fingerprint density at radius 2 is 1.94 bits per heavy atom. The maximum atomic E-state index is 4.64. The molecule has 2 aliphatic rings. The van der Waals surface area contributed by atoms with Crippen LogP contribution in [0.25, 0.3) is 0 Å². The van der Waals surface area contributed by atoms with Crippen LogP contribution in [-0.4, -0.2) is 16.8 Å². The van der Waals surface area contributed by atoms with Crippen LogP contribution >= 0.6 is 11.8 Å². The van der Waals surface area contributed by atoms with Crippen LogP contribution < -0.4 is 5.32 Å². The molecule has 0 radical (unpaired) electrons. The maximum absolute atomic E-state index is 4.64. The third-order valence-corrected chi connectivity index (χ3v) is 5.35. The summed E-state index contributed by atoms with van der Waals surface area (Å²) < 4.78 is 0. The van der Waals surface area contributed by atoms with Crippen molar-refractivity contribution in [1.29, 1.82) is 0 Å². The summed E-state index contributed by atoms with van der Waals surface area (Å²) in [5, 5.41) is 5.55. The van der Waals surface area contributed by atoms with Crippen LogP contribution in [-0.2, 0) is 0 Å². The van der Waals surface area contributed by atoms with E-state index in [4.69, 9.17) is 0 Å². The second kappa shape index (κ2) is 6.07. The van der Waals surface area contributed by atoms with Crippen molar-refractivity contribution in [3.05, 3.63) is 23.9 Å². The van der Waals surface area contributed by atoms with Crippen LogP contribution in [0.15, 0.2) is 23.4 Å². The molecule has 2 fully saturated rings. The van der Waals surface area contributed by atoms with Crippen LogP contribution in [0, 0.1) is 0 Å². The summed E-state index contributed by atoms with van der Waals surface area (Å²) in [6, 6.07) is 5.03. The topological polar surface area (TPSA) is 24.9 Å². The second-order valence-electron chi connectivity index (χ2n) is 5.46. The van der Waals surface area contributed by atoms with Gasteiger partial charge in [-0.3, -0.25) is 0 Å². The lowest BCUT2D eigenvalue weighted by Gasteiger charge is -2.20. The third-order valence-electron chi connectivity index (χ3n) is 4.06. The Morgan fingerprint density at radius 1 is 1.06 bits per heavy atom. The third kappa shape index (κ3) is 3.07. The minimum atomic E-state index is 0.547. The number of thioether (sulfide) groups is 1. The highest BCUT2D eigenvalue weighted by molar-refractivity contribution is 7.99. The molecule has 3 heteroatoms. The molecule has 98 valence electrons. The Morgan fingerprint density at radius 3 is 2.61 bits per heavy atom. The predicted octanol–water partition coefficient (Wildman–Crippen LogP) is 3.93. The molecule has 0 unspecified atom stereocenters. The van der Waals surface area contributed by atoms with E-state index in [1.165, 1.54) is 55.5 Å². The van der Waals surface area contributed by atoms with E-state index in [0.29, 0.717) is 6.04 Å². The molecule has 2 heterocycles. The fourth-order valence-electron chi connectivity index (χ4n) is 2.99. The molecule has 0 bridgehead atoms. The summed E-state index contributed by atoms with van der Waals surface area (Å²) in [4.78, 5) is 4.64. The minimum absolute atomic E-state index is 0.547. The molecular formula is C15H22N2S. The molecule has 0 aromatic carbocycles. The first-order valence-corrected chi connectivity index (χ1v) is 8.16. The fourth-order valence-corrected chi connectivity index (χ4v) is 4.16. The minimum Gasteiger partial charge on any atom is -0.310 e. The van der Waals surface area contributed by atoms with Gasteiger partial charge in [0.1, 0.15) is 0 Å². The molecule has 18 heavy (non-hydrogen) atoms. The number of aromatic nitrogens is 1. The molecule has 1 saturated heterocycles. The maximum Gasteiger partial charge on any atom is 0.0962 e. The largest absolute Gasteiger partial charge is 0.310 e. The Kier molecular flexibility index (Phi) is 4.21. The highest BCUT2D eigenvalue weighted by Crippen LogP contribution is 2.33. The van der Waals surface area contributed by atoms with Gasteiger partial charge in [0.25, 0.3) is 0 Å². The van der Waals surface area contributed by atoms with Gasteiger partial charge in [0.15, 0.2) is 0 Å². The van der Waals surface area contributed by atoms with Crippen LogP contribution in [0.3, 0.4) is 0 Å². The summed E-state index contributed by atoms with van der Waals surface area (Å²) in [5.74, 6) is 0. The monoisotopic (exact) mass is 262 g/mol. The molecule has 2 nitrogen and oxygen atoms in total. The van der Waals surface area contributed by atoms with E-state index in [2.05, 4.69) is 28.6 Å². The molecule has 1 aromatic heterocycles. The smallest absolute Gasteiger partial charge is 0.0962 e.